The number of thioether (sulfide) groups is 1. The van der Waals surface area contributed by atoms with Crippen LogP contribution in [0.2, 0.25) is 0 Å². The van der Waals surface area contributed by atoms with Crippen LogP contribution in [-0.4, -0.2) is 33.4 Å². The zero-order valence-corrected chi connectivity index (χ0v) is 12.3. The van der Waals surface area contributed by atoms with Gasteiger partial charge in [0.1, 0.15) is 5.82 Å². The normalized spacial score (nSPS) is 14.6. The van der Waals surface area contributed by atoms with Gasteiger partial charge in [0.05, 0.1) is 5.75 Å². The molecular formula is C13H22N4OS. The molecule has 1 aliphatic rings. The molecule has 19 heavy (non-hydrogen) atoms. The first-order valence-electron chi connectivity index (χ1n) is 7.11. The van der Waals surface area contributed by atoms with E-state index < -0.39 is 0 Å². The summed E-state index contributed by atoms with van der Waals surface area (Å²) in [5.74, 6) is 2.02. The van der Waals surface area contributed by atoms with Gasteiger partial charge in [0, 0.05) is 12.5 Å². The van der Waals surface area contributed by atoms with E-state index in [1.54, 1.807) is 0 Å². The minimum Gasteiger partial charge on any atom is -0.355 e. The van der Waals surface area contributed by atoms with Crippen LogP contribution in [0.1, 0.15) is 57.2 Å². The molecule has 6 heteroatoms. The van der Waals surface area contributed by atoms with Crippen LogP contribution < -0.4 is 5.32 Å². The lowest BCUT2D eigenvalue weighted by Gasteiger charge is -2.03. The number of rotatable bonds is 9. The van der Waals surface area contributed by atoms with Gasteiger partial charge >= 0.3 is 0 Å². The van der Waals surface area contributed by atoms with Gasteiger partial charge in [-0.3, -0.25) is 9.89 Å². The Labute approximate surface area is 118 Å². The largest absolute Gasteiger partial charge is 0.355 e. The van der Waals surface area contributed by atoms with Crippen LogP contribution >= 0.6 is 11.8 Å². The smallest absolute Gasteiger partial charge is 0.230 e. The zero-order chi connectivity index (χ0) is 13.5. The minimum atomic E-state index is 0.0688. The molecule has 0 saturated heterocycles. The number of carbonyl (C=O) groups excluding carboxylic acids is 1. The standard InChI is InChI=1S/C13H22N4OS/c1-2-3-4-5-8-14-11(18)9-19-13-15-12(16-17-13)10-6-7-10/h10H,2-9H2,1H3,(H,14,18)(H,15,16,17). The zero-order valence-electron chi connectivity index (χ0n) is 11.4. The molecule has 1 amide bonds. The molecule has 0 radical (unpaired) electrons. The van der Waals surface area contributed by atoms with E-state index in [1.165, 1.54) is 43.9 Å². The molecule has 2 rings (SSSR count). The fraction of sp³-hybridized carbons (Fsp3) is 0.769. The Bertz CT molecular complexity index is 403. The van der Waals surface area contributed by atoms with E-state index in [0.29, 0.717) is 16.8 Å². The second kappa shape index (κ2) is 7.53. The molecule has 0 atom stereocenters. The fourth-order valence-electron chi connectivity index (χ4n) is 1.82. The minimum absolute atomic E-state index is 0.0688. The molecule has 1 heterocycles. The van der Waals surface area contributed by atoms with Gasteiger partial charge in [-0.25, -0.2) is 4.98 Å². The van der Waals surface area contributed by atoms with Gasteiger partial charge in [-0.15, -0.1) is 5.10 Å². The lowest BCUT2D eigenvalue weighted by atomic mass is 10.2. The number of nitrogens with zero attached hydrogens (tertiary/aromatic N) is 2. The van der Waals surface area contributed by atoms with E-state index >= 15 is 0 Å². The van der Waals surface area contributed by atoms with Gasteiger partial charge in [0.15, 0.2) is 0 Å². The monoisotopic (exact) mass is 282 g/mol. The quantitative estimate of drug-likeness (QED) is 0.539. The number of aromatic amines is 1. The van der Waals surface area contributed by atoms with Crippen molar-refractivity contribution in [3.8, 4) is 0 Å². The molecule has 1 saturated carbocycles. The SMILES string of the molecule is CCCCCCNC(=O)CSc1n[nH]c(C2CC2)n1. The Kier molecular flexibility index (Phi) is 5.69. The Morgan fingerprint density at radius 1 is 1.42 bits per heavy atom. The molecule has 0 aromatic carbocycles. The van der Waals surface area contributed by atoms with Crippen LogP contribution in [0.3, 0.4) is 0 Å². The van der Waals surface area contributed by atoms with Crippen molar-refractivity contribution in [2.24, 2.45) is 0 Å². The summed E-state index contributed by atoms with van der Waals surface area (Å²) in [6, 6.07) is 0. The van der Waals surface area contributed by atoms with E-state index in [0.717, 1.165) is 18.8 Å². The molecule has 1 aromatic rings. The van der Waals surface area contributed by atoms with Gasteiger partial charge < -0.3 is 5.32 Å². The number of nitrogens with one attached hydrogen (secondary N) is 2. The molecule has 106 valence electrons. The summed E-state index contributed by atoms with van der Waals surface area (Å²) in [7, 11) is 0. The van der Waals surface area contributed by atoms with Crippen molar-refractivity contribution >= 4 is 17.7 Å². The second-order valence-corrected chi connectivity index (χ2v) is 5.92. The summed E-state index contributed by atoms with van der Waals surface area (Å²) in [5.41, 5.74) is 0. The van der Waals surface area contributed by atoms with Crippen molar-refractivity contribution in [2.45, 2.75) is 56.5 Å². The number of H-pyrrole nitrogens is 1. The number of hydrogen-bond acceptors (Lipinski definition) is 4. The van der Waals surface area contributed by atoms with E-state index in [1.807, 2.05) is 0 Å². The molecule has 0 bridgehead atoms. The first kappa shape index (κ1) is 14.4. The number of hydrogen-bond donors (Lipinski definition) is 2. The maximum Gasteiger partial charge on any atom is 0.230 e. The van der Waals surface area contributed by atoms with Crippen molar-refractivity contribution in [3.63, 3.8) is 0 Å². The number of aromatic nitrogens is 3. The summed E-state index contributed by atoms with van der Waals surface area (Å²) in [6.07, 6.45) is 7.13. The average molecular weight is 282 g/mol. The van der Waals surface area contributed by atoms with E-state index in [4.69, 9.17) is 0 Å². The van der Waals surface area contributed by atoms with Crippen molar-refractivity contribution in [1.29, 1.82) is 0 Å². The number of carbonyl (C=O) groups is 1. The lowest BCUT2D eigenvalue weighted by molar-refractivity contribution is -0.118. The molecule has 2 N–H and O–H groups in total. The first-order chi connectivity index (χ1) is 9.29. The molecule has 1 fully saturated rings. The van der Waals surface area contributed by atoms with Crippen molar-refractivity contribution in [3.05, 3.63) is 5.82 Å². The third kappa shape index (κ3) is 5.22. The van der Waals surface area contributed by atoms with Gasteiger partial charge in [-0.1, -0.05) is 37.9 Å². The Morgan fingerprint density at radius 3 is 3.00 bits per heavy atom. The summed E-state index contributed by atoms with van der Waals surface area (Å²) >= 11 is 1.40. The van der Waals surface area contributed by atoms with Crippen molar-refractivity contribution in [2.75, 3.05) is 12.3 Å². The number of amides is 1. The molecule has 0 aliphatic heterocycles. The van der Waals surface area contributed by atoms with Crippen molar-refractivity contribution < 1.29 is 4.79 Å². The van der Waals surface area contributed by atoms with Crippen LogP contribution in [0.15, 0.2) is 5.16 Å². The summed E-state index contributed by atoms with van der Waals surface area (Å²) < 4.78 is 0. The molecule has 0 unspecified atom stereocenters. The Hall–Kier alpha value is -1.04. The Morgan fingerprint density at radius 2 is 2.26 bits per heavy atom. The maximum atomic E-state index is 11.6. The van der Waals surface area contributed by atoms with Crippen LogP contribution in [0, 0.1) is 0 Å². The third-order valence-electron chi connectivity index (χ3n) is 3.13. The summed E-state index contributed by atoms with van der Waals surface area (Å²) in [4.78, 5) is 16.0. The highest BCUT2D eigenvalue weighted by Gasteiger charge is 2.27. The van der Waals surface area contributed by atoms with Gasteiger partial charge in [-0.05, 0) is 19.3 Å². The average Bonchev–Trinajstić information content (AvgIpc) is 3.15. The highest BCUT2D eigenvalue weighted by Crippen LogP contribution is 2.38. The molecule has 0 spiro atoms. The van der Waals surface area contributed by atoms with Crippen LogP contribution in [0.5, 0.6) is 0 Å². The van der Waals surface area contributed by atoms with Crippen LogP contribution in [0.4, 0.5) is 0 Å². The predicted octanol–water partition coefficient (Wildman–Crippen LogP) is 2.47. The van der Waals surface area contributed by atoms with Crippen LogP contribution in [-0.2, 0) is 4.79 Å². The summed E-state index contributed by atoms with van der Waals surface area (Å²) in [6.45, 7) is 2.96. The second-order valence-electron chi connectivity index (χ2n) is 4.98. The molecule has 5 nitrogen and oxygen atoms in total. The van der Waals surface area contributed by atoms with Gasteiger partial charge in [0.2, 0.25) is 11.1 Å². The topological polar surface area (TPSA) is 70.7 Å². The Balaban J connectivity index is 1.57. The van der Waals surface area contributed by atoms with Crippen molar-refractivity contribution in [1.82, 2.24) is 20.5 Å². The molecule has 1 aliphatic carbocycles. The van der Waals surface area contributed by atoms with Gasteiger partial charge in [-0.2, -0.15) is 0 Å². The van der Waals surface area contributed by atoms with Gasteiger partial charge in [0.25, 0.3) is 0 Å². The maximum absolute atomic E-state index is 11.6. The highest BCUT2D eigenvalue weighted by molar-refractivity contribution is 7.99. The van der Waals surface area contributed by atoms with E-state index in [2.05, 4.69) is 27.4 Å². The number of unbranched alkanes of at least 4 members (excludes halogenated alkanes) is 3. The van der Waals surface area contributed by atoms with Crippen LogP contribution in [0.25, 0.3) is 0 Å². The predicted molar refractivity (Wildman–Crippen MR) is 76.2 cm³/mol. The fourth-order valence-corrected chi connectivity index (χ4v) is 2.46. The lowest BCUT2D eigenvalue weighted by Crippen LogP contribution is -2.26. The molecule has 1 aromatic heterocycles. The van der Waals surface area contributed by atoms with E-state index in [-0.39, 0.29) is 5.91 Å². The molecular weight excluding hydrogens is 260 g/mol. The summed E-state index contributed by atoms with van der Waals surface area (Å²) in [5, 5.41) is 10.7. The third-order valence-corrected chi connectivity index (χ3v) is 3.98. The van der Waals surface area contributed by atoms with E-state index in [9.17, 15) is 4.79 Å². The highest BCUT2D eigenvalue weighted by atomic mass is 32.2. The first-order valence-corrected chi connectivity index (χ1v) is 8.10.